The second-order valence-electron chi connectivity index (χ2n) is 7.81. The number of H-pyrrole nitrogens is 3. The summed E-state index contributed by atoms with van der Waals surface area (Å²) in [5, 5.41) is 36.1. The molecular weight excluding hydrogens is 378 g/mol. The van der Waals surface area contributed by atoms with E-state index in [4.69, 9.17) is 0 Å². The summed E-state index contributed by atoms with van der Waals surface area (Å²) in [6.45, 7) is 0. The topological polar surface area (TPSA) is 108 Å². The van der Waals surface area contributed by atoms with Gasteiger partial charge in [0.15, 0.2) is 0 Å². The summed E-state index contributed by atoms with van der Waals surface area (Å²) < 4.78 is 0. The molecule has 6 nitrogen and oxygen atoms in total. The summed E-state index contributed by atoms with van der Waals surface area (Å²) >= 11 is 0. The van der Waals surface area contributed by atoms with Crippen LogP contribution in [-0.2, 0) is 0 Å². The number of aromatic hydroxyl groups is 3. The van der Waals surface area contributed by atoms with Gasteiger partial charge in [-0.05, 0) is 54.6 Å². The molecule has 0 fully saturated rings. The van der Waals surface area contributed by atoms with E-state index in [0.717, 1.165) is 65.4 Å². The zero-order chi connectivity index (χ0) is 20.1. The van der Waals surface area contributed by atoms with Crippen LogP contribution in [0.3, 0.4) is 0 Å². The van der Waals surface area contributed by atoms with E-state index in [1.807, 2.05) is 18.2 Å². The fraction of sp³-hybridized carbons (Fsp3) is 0. The van der Waals surface area contributed by atoms with Crippen LogP contribution < -0.4 is 0 Å². The molecule has 6 N–H and O–H groups in total. The number of hydrogen-bond acceptors (Lipinski definition) is 3. The van der Waals surface area contributed by atoms with Crippen molar-refractivity contribution in [2.75, 3.05) is 0 Å². The van der Waals surface area contributed by atoms with Crippen molar-refractivity contribution in [3.8, 4) is 17.2 Å². The number of phenols is 3. The summed E-state index contributed by atoms with van der Waals surface area (Å²) in [5.41, 5.74) is 5.48. The van der Waals surface area contributed by atoms with Gasteiger partial charge < -0.3 is 30.3 Å². The van der Waals surface area contributed by atoms with Crippen molar-refractivity contribution >= 4 is 65.4 Å². The molecule has 4 aromatic carbocycles. The van der Waals surface area contributed by atoms with Crippen LogP contribution in [0.1, 0.15) is 0 Å². The van der Waals surface area contributed by atoms with Crippen molar-refractivity contribution < 1.29 is 15.3 Å². The molecule has 3 heterocycles. The molecule has 0 saturated heterocycles. The Labute approximate surface area is 168 Å². The zero-order valence-corrected chi connectivity index (χ0v) is 15.5. The molecule has 0 radical (unpaired) electrons. The van der Waals surface area contributed by atoms with Gasteiger partial charge in [-0.3, -0.25) is 0 Å². The molecule has 0 aliphatic carbocycles. The third kappa shape index (κ3) is 1.78. The van der Waals surface area contributed by atoms with Crippen LogP contribution >= 0.6 is 0 Å². The summed E-state index contributed by atoms with van der Waals surface area (Å²) in [6.07, 6.45) is 0. The summed E-state index contributed by atoms with van der Waals surface area (Å²) in [6, 6.07) is 15.9. The van der Waals surface area contributed by atoms with Gasteiger partial charge in [-0.15, -0.1) is 0 Å². The summed E-state index contributed by atoms with van der Waals surface area (Å²) in [7, 11) is 0. The average molecular weight is 393 g/mol. The van der Waals surface area contributed by atoms with E-state index < -0.39 is 0 Å². The standard InChI is InChI=1S/C24H15N3O3/c28-10-1-4-16-13(7-10)19-20-14-8-11(29)2-5-17(14)26-23(20)24-21(22(19)25-16)15-9-12(30)3-6-18(15)27-24/h1-9,25-30H. The Morgan fingerprint density at radius 2 is 0.800 bits per heavy atom. The van der Waals surface area contributed by atoms with Crippen molar-refractivity contribution in [1.82, 2.24) is 15.0 Å². The van der Waals surface area contributed by atoms with E-state index in [1.165, 1.54) is 0 Å². The first-order valence-electron chi connectivity index (χ1n) is 9.63. The molecule has 0 spiro atoms. The minimum Gasteiger partial charge on any atom is -0.508 e. The van der Waals surface area contributed by atoms with Crippen molar-refractivity contribution in [2.45, 2.75) is 0 Å². The van der Waals surface area contributed by atoms with Gasteiger partial charge in [-0.2, -0.15) is 0 Å². The Bertz CT molecular complexity index is 1840. The summed E-state index contributed by atoms with van der Waals surface area (Å²) in [4.78, 5) is 10.5. The number of rotatable bonds is 0. The zero-order valence-electron chi connectivity index (χ0n) is 15.5. The molecule has 7 aromatic rings. The monoisotopic (exact) mass is 393 g/mol. The first kappa shape index (κ1) is 15.6. The number of aromatic nitrogens is 3. The third-order valence-corrected chi connectivity index (χ3v) is 6.10. The molecule has 0 amide bonds. The van der Waals surface area contributed by atoms with Gasteiger partial charge in [0.2, 0.25) is 0 Å². The number of aromatic amines is 3. The van der Waals surface area contributed by atoms with E-state index in [0.29, 0.717) is 0 Å². The number of nitrogens with one attached hydrogen (secondary N) is 3. The van der Waals surface area contributed by atoms with Crippen LogP contribution in [0.15, 0.2) is 54.6 Å². The van der Waals surface area contributed by atoms with Crippen LogP contribution in [0.25, 0.3) is 65.4 Å². The smallest absolute Gasteiger partial charge is 0.116 e. The molecule has 0 saturated carbocycles. The Kier molecular flexibility index (Phi) is 2.59. The minimum atomic E-state index is 0.191. The lowest BCUT2D eigenvalue weighted by atomic mass is 10.0. The lowest BCUT2D eigenvalue weighted by Crippen LogP contribution is -1.78. The van der Waals surface area contributed by atoms with E-state index in [9.17, 15) is 15.3 Å². The highest BCUT2D eigenvalue weighted by atomic mass is 16.3. The minimum absolute atomic E-state index is 0.191. The molecule has 0 atom stereocenters. The predicted octanol–water partition coefficient (Wildman–Crippen LogP) is 5.71. The van der Waals surface area contributed by atoms with Gasteiger partial charge in [0.25, 0.3) is 0 Å². The predicted molar refractivity (Wildman–Crippen MR) is 120 cm³/mol. The highest BCUT2D eigenvalue weighted by molar-refractivity contribution is 6.39. The van der Waals surface area contributed by atoms with Crippen molar-refractivity contribution in [3.05, 3.63) is 54.6 Å². The van der Waals surface area contributed by atoms with Crippen molar-refractivity contribution in [3.63, 3.8) is 0 Å². The summed E-state index contributed by atoms with van der Waals surface area (Å²) in [5.74, 6) is 0.587. The quantitative estimate of drug-likeness (QED) is 0.199. The maximum atomic E-state index is 10.2. The molecule has 144 valence electrons. The van der Waals surface area contributed by atoms with Crippen LogP contribution in [0.5, 0.6) is 17.2 Å². The van der Waals surface area contributed by atoms with E-state index in [-0.39, 0.29) is 17.2 Å². The number of benzene rings is 4. The molecule has 0 aliphatic rings. The Balaban J connectivity index is 1.91. The van der Waals surface area contributed by atoms with Gasteiger partial charge in [-0.25, -0.2) is 0 Å². The second-order valence-corrected chi connectivity index (χ2v) is 7.81. The van der Waals surface area contributed by atoms with Crippen LogP contribution in [0, 0.1) is 0 Å². The first-order valence-corrected chi connectivity index (χ1v) is 9.63. The highest BCUT2D eigenvalue weighted by Gasteiger charge is 2.21. The average Bonchev–Trinajstić information content (AvgIpc) is 3.38. The van der Waals surface area contributed by atoms with Gasteiger partial charge in [-0.1, -0.05) is 0 Å². The first-order chi connectivity index (χ1) is 14.6. The normalized spacial score (nSPS) is 12.4. The van der Waals surface area contributed by atoms with Crippen LogP contribution in [0.2, 0.25) is 0 Å². The fourth-order valence-corrected chi connectivity index (χ4v) is 4.88. The largest absolute Gasteiger partial charge is 0.508 e. The van der Waals surface area contributed by atoms with Gasteiger partial charge in [0.1, 0.15) is 17.2 Å². The Morgan fingerprint density at radius 3 is 1.30 bits per heavy atom. The Hall–Kier alpha value is -4.32. The lowest BCUT2D eigenvalue weighted by Gasteiger charge is -2.01. The molecule has 7 rings (SSSR count). The molecule has 0 bridgehead atoms. The number of fused-ring (bicyclic) bond motifs is 12. The molecule has 0 unspecified atom stereocenters. The number of phenolic OH excluding ortho intramolecular Hbond substituents is 3. The van der Waals surface area contributed by atoms with Crippen LogP contribution in [0.4, 0.5) is 0 Å². The lowest BCUT2D eigenvalue weighted by molar-refractivity contribution is 0.475. The SMILES string of the molecule is Oc1ccc2[nH]c3c4[nH]c5ccc(O)cc5c4c4c5cc(O)ccc5[nH]c4c3c2c1. The molecule has 30 heavy (non-hydrogen) atoms. The van der Waals surface area contributed by atoms with Crippen LogP contribution in [-0.4, -0.2) is 30.3 Å². The maximum Gasteiger partial charge on any atom is 0.116 e. The van der Waals surface area contributed by atoms with Gasteiger partial charge in [0, 0.05) is 48.9 Å². The molecular formula is C24H15N3O3. The second kappa shape index (κ2) is 4.99. The molecule has 3 aromatic heterocycles. The van der Waals surface area contributed by atoms with Crippen molar-refractivity contribution in [2.24, 2.45) is 0 Å². The van der Waals surface area contributed by atoms with E-state index in [2.05, 4.69) is 15.0 Å². The van der Waals surface area contributed by atoms with E-state index >= 15 is 0 Å². The van der Waals surface area contributed by atoms with Gasteiger partial charge >= 0.3 is 0 Å². The fourth-order valence-electron chi connectivity index (χ4n) is 4.88. The van der Waals surface area contributed by atoms with E-state index in [1.54, 1.807) is 36.4 Å². The molecule has 6 heteroatoms. The van der Waals surface area contributed by atoms with Crippen molar-refractivity contribution in [1.29, 1.82) is 0 Å². The third-order valence-electron chi connectivity index (χ3n) is 6.10. The highest BCUT2D eigenvalue weighted by Crippen LogP contribution is 2.45. The molecule has 0 aliphatic heterocycles. The Morgan fingerprint density at radius 1 is 0.433 bits per heavy atom. The maximum absolute atomic E-state index is 10.2. The number of hydrogen-bond donors (Lipinski definition) is 6. The van der Waals surface area contributed by atoms with Gasteiger partial charge in [0.05, 0.1) is 16.6 Å².